The summed E-state index contributed by atoms with van der Waals surface area (Å²) in [6.07, 6.45) is 0. The Morgan fingerprint density at radius 1 is 0.871 bits per heavy atom. The second-order valence-corrected chi connectivity index (χ2v) is 7.28. The number of hydrogen-bond donors (Lipinski definition) is 2. The van der Waals surface area contributed by atoms with Crippen molar-refractivity contribution in [1.29, 1.82) is 0 Å². The lowest BCUT2D eigenvalue weighted by molar-refractivity contribution is 0.0470. The van der Waals surface area contributed by atoms with Crippen LogP contribution in [-0.4, -0.2) is 18.0 Å². The maximum atomic E-state index is 12.4. The highest BCUT2D eigenvalue weighted by Crippen LogP contribution is 2.25. The molecule has 2 amide bonds. The number of benzene rings is 3. The molecule has 160 valence electrons. The summed E-state index contributed by atoms with van der Waals surface area (Å²) in [6, 6.07) is 23.7. The third kappa shape index (κ3) is 6.89. The molecular weight excluding hydrogens is 392 g/mol. The first kappa shape index (κ1) is 21.9. The van der Waals surface area contributed by atoms with E-state index in [1.165, 1.54) is 0 Å². The smallest absolute Gasteiger partial charge is 0.338 e. The average Bonchev–Trinajstić information content (AvgIpc) is 2.77. The number of urea groups is 1. The number of carbonyl (C=O) groups is 2. The van der Waals surface area contributed by atoms with Crippen molar-refractivity contribution >= 4 is 12.0 Å². The summed E-state index contributed by atoms with van der Waals surface area (Å²) < 4.78 is 11.4. The molecule has 3 aromatic carbocycles. The van der Waals surface area contributed by atoms with Gasteiger partial charge in [-0.2, -0.15) is 0 Å². The standard InChI is InChI=1S/C25H26N2O4/c1-18(2)27-25(29)26-16-19-12-14-20(15-13-19)24(28)30-17-21-8-6-7-11-23(21)31-22-9-4-3-5-10-22/h3-15,18H,16-17H2,1-2H3,(H2,26,27,29). The molecule has 3 rings (SSSR count). The van der Waals surface area contributed by atoms with E-state index in [1.807, 2.05) is 68.4 Å². The predicted molar refractivity (Wildman–Crippen MR) is 119 cm³/mol. The number of para-hydroxylation sites is 2. The van der Waals surface area contributed by atoms with Gasteiger partial charge in [-0.25, -0.2) is 9.59 Å². The van der Waals surface area contributed by atoms with Gasteiger partial charge in [0.2, 0.25) is 0 Å². The summed E-state index contributed by atoms with van der Waals surface area (Å²) in [5.41, 5.74) is 2.10. The first-order valence-corrected chi connectivity index (χ1v) is 10.1. The maximum absolute atomic E-state index is 12.4. The topological polar surface area (TPSA) is 76.7 Å². The van der Waals surface area contributed by atoms with Crippen LogP contribution in [0.15, 0.2) is 78.9 Å². The van der Waals surface area contributed by atoms with Crippen LogP contribution in [0.4, 0.5) is 4.79 Å². The van der Waals surface area contributed by atoms with Crippen molar-refractivity contribution in [3.8, 4) is 11.5 Å². The van der Waals surface area contributed by atoms with Crippen molar-refractivity contribution < 1.29 is 19.1 Å². The Morgan fingerprint density at radius 3 is 2.26 bits per heavy atom. The molecular formula is C25H26N2O4. The van der Waals surface area contributed by atoms with Crippen molar-refractivity contribution in [2.75, 3.05) is 0 Å². The van der Waals surface area contributed by atoms with E-state index < -0.39 is 5.97 Å². The number of nitrogens with one attached hydrogen (secondary N) is 2. The van der Waals surface area contributed by atoms with E-state index in [0.717, 1.165) is 11.1 Å². The molecule has 6 nitrogen and oxygen atoms in total. The lowest BCUT2D eigenvalue weighted by Gasteiger charge is -2.12. The quantitative estimate of drug-likeness (QED) is 0.502. The third-order valence-electron chi connectivity index (χ3n) is 4.36. The van der Waals surface area contributed by atoms with Gasteiger partial charge in [0, 0.05) is 18.2 Å². The van der Waals surface area contributed by atoms with E-state index in [4.69, 9.17) is 9.47 Å². The number of carbonyl (C=O) groups excluding carboxylic acids is 2. The molecule has 0 aliphatic heterocycles. The van der Waals surface area contributed by atoms with Gasteiger partial charge in [0.25, 0.3) is 0 Å². The minimum atomic E-state index is -0.424. The van der Waals surface area contributed by atoms with Crippen LogP contribution in [0.25, 0.3) is 0 Å². The minimum absolute atomic E-state index is 0.0698. The molecule has 0 aliphatic rings. The molecule has 2 N–H and O–H groups in total. The van der Waals surface area contributed by atoms with Gasteiger partial charge in [0.1, 0.15) is 18.1 Å². The fourth-order valence-corrected chi connectivity index (χ4v) is 2.82. The van der Waals surface area contributed by atoms with Crippen LogP contribution in [0.5, 0.6) is 11.5 Å². The van der Waals surface area contributed by atoms with Gasteiger partial charge in [0.05, 0.1) is 5.56 Å². The van der Waals surface area contributed by atoms with Crippen LogP contribution in [0.3, 0.4) is 0 Å². The number of amides is 2. The van der Waals surface area contributed by atoms with E-state index in [-0.39, 0.29) is 18.7 Å². The van der Waals surface area contributed by atoms with Crippen molar-refractivity contribution in [3.63, 3.8) is 0 Å². The minimum Gasteiger partial charge on any atom is -0.457 e. The highest BCUT2D eigenvalue weighted by atomic mass is 16.5. The van der Waals surface area contributed by atoms with Crippen molar-refractivity contribution in [1.82, 2.24) is 10.6 Å². The van der Waals surface area contributed by atoms with Gasteiger partial charge in [0.15, 0.2) is 0 Å². The monoisotopic (exact) mass is 418 g/mol. The van der Waals surface area contributed by atoms with Gasteiger partial charge in [-0.1, -0.05) is 48.5 Å². The van der Waals surface area contributed by atoms with Gasteiger partial charge >= 0.3 is 12.0 Å². The lowest BCUT2D eigenvalue weighted by Crippen LogP contribution is -2.39. The van der Waals surface area contributed by atoms with E-state index in [9.17, 15) is 9.59 Å². The normalized spacial score (nSPS) is 10.4. The van der Waals surface area contributed by atoms with Crippen LogP contribution < -0.4 is 15.4 Å². The summed E-state index contributed by atoms with van der Waals surface area (Å²) in [6.45, 7) is 4.26. The third-order valence-corrected chi connectivity index (χ3v) is 4.36. The Labute approximate surface area is 182 Å². The Bertz CT molecular complexity index is 1000. The van der Waals surface area contributed by atoms with Crippen LogP contribution in [0, 0.1) is 0 Å². The zero-order chi connectivity index (χ0) is 22.1. The summed E-state index contributed by atoms with van der Waals surface area (Å²) in [7, 11) is 0. The van der Waals surface area contributed by atoms with E-state index >= 15 is 0 Å². The van der Waals surface area contributed by atoms with E-state index in [0.29, 0.717) is 23.6 Å². The van der Waals surface area contributed by atoms with Gasteiger partial charge in [-0.3, -0.25) is 0 Å². The number of esters is 1. The molecule has 0 heterocycles. The zero-order valence-electron chi connectivity index (χ0n) is 17.6. The van der Waals surface area contributed by atoms with Crippen molar-refractivity contribution in [2.45, 2.75) is 33.0 Å². The average molecular weight is 418 g/mol. The first-order valence-electron chi connectivity index (χ1n) is 10.1. The lowest BCUT2D eigenvalue weighted by atomic mass is 10.1. The molecule has 0 unspecified atom stereocenters. The highest BCUT2D eigenvalue weighted by molar-refractivity contribution is 5.89. The molecule has 3 aromatic rings. The molecule has 0 bridgehead atoms. The molecule has 0 radical (unpaired) electrons. The maximum Gasteiger partial charge on any atom is 0.338 e. The zero-order valence-corrected chi connectivity index (χ0v) is 17.6. The first-order chi connectivity index (χ1) is 15.0. The number of ether oxygens (including phenoxy) is 2. The largest absolute Gasteiger partial charge is 0.457 e. The Balaban J connectivity index is 1.55. The van der Waals surface area contributed by atoms with Crippen LogP contribution in [0.2, 0.25) is 0 Å². The molecule has 0 saturated carbocycles. The molecule has 0 atom stereocenters. The van der Waals surface area contributed by atoms with Crippen molar-refractivity contribution in [2.24, 2.45) is 0 Å². The molecule has 31 heavy (non-hydrogen) atoms. The molecule has 0 spiro atoms. The van der Waals surface area contributed by atoms with Gasteiger partial charge in [-0.15, -0.1) is 0 Å². The van der Waals surface area contributed by atoms with Crippen molar-refractivity contribution in [3.05, 3.63) is 95.6 Å². The molecule has 6 heteroatoms. The Morgan fingerprint density at radius 2 is 1.55 bits per heavy atom. The number of hydrogen-bond acceptors (Lipinski definition) is 4. The molecule has 0 saturated heterocycles. The second kappa shape index (κ2) is 10.8. The summed E-state index contributed by atoms with van der Waals surface area (Å²) in [5.74, 6) is 0.932. The van der Waals surface area contributed by atoms with Gasteiger partial charge in [-0.05, 0) is 49.7 Å². The van der Waals surface area contributed by atoms with E-state index in [1.54, 1.807) is 24.3 Å². The van der Waals surface area contributed by atoms with Crippen LogP contribution in [0.1, 0.15) is 35.3 Å². The highest BCUT2D eigenvalue weighted by Gasteiger charge is 2.11. The van der Waals surface area contributed by atoms with E-state index in [2.05, 4.69) is 10.6 Å². The second-order valence-electron chi connectivity index (χ2n) is 7.28. The fraction of sp³-hybridized carbons (Fsp3) is 0.200. The molecule has 0 aliphatic carbocycles. The summed E-state index contributed by atoms with van der Waals surface area (Å²) in [4.78, 5) is 24.1. The summed E-state index contributed by atoms with van der Waals surface area (Å²) >= 11 is 0. The Kier molecular flexibility index (Phi) is 7.65. The predicted octanol–water partition coefficient (Wildman–Crippen LogP) is 5.04. The van der Waals surface area contributed by atoms with Crippen LogP contribution in [-0.2, 0) is 17.9 Å². The fourth-order valence-electron chi connectivity index (χ4n) is 2.82. The molecule has 0 aromatic heterocycles. The Hall–Kier alpha value is -3.80. The van der Waals surface area contributed by atoms with Crippen LogP contribution >= 0.6 is 0 Å². The molecule has 0 fully saturated rings. The van der Waals surface area contributed by atoms with Gasteiger partial charge < -0.3 is 20.1 Å². The SMILES string of the molecule is CC(C)NC(=O)NCc1ccc(C(=O)OCc2ccccc2Oc2ccccc2)cc1. The number of rotatable bonds is 8. The summed E-state index contributed by atoms with van der Waals surface area (Å²) in [5, 5.41) is 5.53.